The van der Waals surface area contributed by atoms with Gasteiger partial charge in [0.05, 0.1) is 5.69 Å². The Labute approximate surface area is 117 Å². The second-order valence-corrected chi connectivity index (χ2v) is 4.75. The molecule has 0 unspecified atom stereocenters. The highest BCUT2D eigenvalue weighted by Crippen LogP contribution is 2.28. The number of halogens is 2. The van der Waals surface area contributed by atoms with Crippen LogP contribution in [0.2, 0.25) is 5.02 Å². The van der Waals surface area contributed by atoms with Crippen molar-refractivity contribution in [3.63, 3.8) is 0 Å². The normalized spacial score (nSPS) is 10.1. The SMILES string of the molecule is O=C(O)c1cccc(Nc2cc(Cl)ccc2Br)n1. The summed E-state index contributed by atoms with van der Waals surface area (Å²) in [5.74, 6) is -0.623. The molecule has 0 atom stereocenters. The van der Waals surface area contributed by atoms with Crippen molar-refractivity contribution in [3.8, 4) is 0 Å². The third-order valence-corrected chi connectivity index (χ3v) is 3.09. The highest BCUT2D eigenvalue weighted by molar-refractivity contribution is 9.10. The molecule has 0 aliphatic carbocycles. The molecule has 2 aromatic rings. The molecule has 0 saturated heterocycles. The molecule has 6 heteroatoms. The fourth-order valence-corrected chi connectivity index (χ4v) is 1.87. The Hall–Kier alpha value is -1.59. The highest BCUT2D eigenvalue weighted by atomic mass is 79.9. The van der Waals surface area contributed by atoms with Crippen LogP contribution in [0.5, 0.6) is 0 Å². The number of carboxylic acids is 1. The Balaban J connectivity index is 2.31. The second-order valence-electron chi connectivity index (χ2n) is 3.46. The van der Waals surface area contributed by atoms with E-state index in [0.717, 1.165) is 10.2 Å². The number of nitrogens with one attached hydrogen (secondary N) is 1. The molecule has 0 radical (unpaired) electrons. The lowest BCUT2D eigenvalue weighted by Crippen LogP contribution is -2.02. The molecule has 4 nitrogen and oxygen atoms in total. The van der Waals surface area contributed by atoms with Crippen LogP contribution in [0.4, 0.5) is 11.5 Å². The summed E-state index contributed by atoms with van der Waals surface area (Å²) in [6.45, 7) is 0. The number of aromatic nitrogens is 1. The largest absolute Gasteiger partial charge is 0.477 e. The van der Waals surface area contributed by atoms with Gasteiger partial charge in [-0.25, -0.2) is 9.78 Å². The molecule has 2 N–H and O–H groups in total. The Morgan fingerprint density at radius 2 is 2.11 bits per heavy atom. The van der Waals surface area contributed by atoms with Gasteiger partial charge in [-0.3, -0.25) is 0 Å². The molecule has 0 spiro atoms. The van der Waals surface area contributed by atoms with Crippen molar-refractivity contribution >= 4 is 45.0 Å². The second kappa shape index (κ2) is 5.37. The maximum Gasteiger partial charge on any atom is 0.354 e. The van der Waals surface area contributed by atoms with E-state index in [1.54, 1.807) is 30.3 Å². The minimum absolute atomic E-state index is 0.0156. The van der Waals surface area contributed by atoms with Gasteiger partial charge in [0.25, 0.3) is 0 Å². The van der Waals surface area contributed by atoms with Gasteiger partial charge in [0.15, 0.2) is 5.69 Å². The lowest BCUT2D eigenvalue weighted by atomic mass is 10.3. The van der Waals surface area contributed by atoms with Gasteiger partial charge in [0, 0.05) is 9.50 Å². The summed E-state index contributed by atoms with van der Waals surface area (Å²) in [5.41, 5.74) is 0.704. The van der Waals surface area contributed by atoms with Gasteiger partial charge in [-0.2, -0.15) is 0 Å². The molecule has 0 aliphatic heterocycles. The van der Waals surface area contributed by atoms with Crippen molar-refractivity contribution in [2.45, 2.75) is 0 Å². The lowest BCUT2D eigenvalue weighted by molar-refractivity contribution is 0.0690. The molecule has 1 aromatic heterocycles. The molecule has 92 valence electrons. The van der Waals surface area contributed by atoms with Gasteiger partial charge in [0.2, 0.25) is 0 Å². The Bertz CT molecular complexity index is 604. The number of carbonyl (C=O) groups is 1. The average molecular weight is 328 g/mol. The third-order valence-electron chi connectivity index (χ3n) is 2.16. The summed E-state index contributed by atoms with van der Waals surface area (Å²) in [5, 5.41) is 12.4. The first-order valence-electron chi connectivity index (χ1n) is 4.98. The van der Waals surface area contributed by atoms with Crippen molar-refractivity contribution in [1.82, 2.24) is 4.98 Å². The monoisotopic (exact) mass is 326 g/mol. The first-order chi connectivity index (χ1) is 8.56. The van der Waals surface area contributed by atoms with Gasteiger partial charge >= 0.3 is 5.97 Å². The van der Waals surface area contributed by atoms with Crippen molar-refractivity contribution in [1.29, 1.82) is 0 Å². The van der Waals surface area contributed by atoms with Gasteiger partial charge < -0.3 is 10.4 Å². The summed E-state index contributed by atoms with van der Waals surface area (Å²) in [6, 6.07) is 10.0. The van der Waals surface area contributed by atoms with E-state index < -0.39 is 5.97 Å². The first-order valence-corrected chi connectivity index (χ1v) is 6.16. The standard InChI is InChI=1S/C12H8BrClN2O2/c13-8-5-4-7(14)6-10(8)16-11-3-1-2-9(15-11)12(17)18/h1-6H,(H,15,16)(H,17,18). The minimum Gasteiger partial charge on any atom is -0.477 e. The highest BCUT2D eigenvalue weighted by Gasteiger charge is 2.06. The number of pyridine rings is 1. The molecule has 2 rings (SSSR count). The molecule has 0 bridgehead atoms. The maximum absolute atomic E-state index is 10.8. The van der Waals surface area contributed by atoms with Crippen LogP contribution >= 0.6 is 27.5 Å². The van der Waals surface area contributed by atoms with Gasteiger partial charge in [-0.15, -0.1) is 0 Å². The van der Waals surface area contributed by atoms with E-state index in [2.05, 4.69) is 26.2 Å². The lowest BCUT2D eigenvalue weighted by Gasteiger charge is -2.08. The number of aromatic carboxylic acids is 1. The van der Waals surface area contributed by atoms with Gasteiger partial charge in [0.1, 0.15) is 5.82 Å². The van der Waals surface area contributed by atoms with E-state index in [1.807, 2.05) is 0 Å². The number of hydrogen-bond donors (Lipinski definition) is 2. The van der Waals surface area contributed by atoms with Crippen molar-refractivity contribution in [2.24, 2.45) is 0 Å². The Morgan fingerprint density at radius 3 is 2.83 bits per heavy atom. The van der Waals surface area contributed by atoms with Crippen LogP contribution < -0.4 is 5.32 Å². The fourth-order valence-electron chi connectivity index (χ4n) is 1.35. The van der Waals surface area contributed by atoms with Crippen LogP contribution in [0.3, 0.4) is 0 Å². The number of anilines is 2. The van der Waals surface area contributed by atoms with Crippen LogP contribution in [-0.4, -0.2) is 16.1 Å². The van der Waals surface area contributed by atoms with E-state index in [1.165, 1.54) is 6.07 Å². The fraction of sp³-hybridized carbons (Fsp3) is 0. The van der Waals surface area contributed by atoms with Crippen LogP contribution in [-0.2, 0) is 0 Å². The average Bonchev–Trinajstić information content (AvgIpc) is 2.34. The molecular formula is C12H8BrClN2O2. The zero-order valence-corrected chi connectivity index (χ0v) is 11.4. The van der Waals surface area contributed by atoms with E-state index >= 15 is 0 Å². The molecule has 0 fully saturated rings. The Morgan fingerprint density at radius 1 is 1.33 bits per heavy atom. The maximum atomic E-state index is 10.8. The molecule has 0 aliphatic rings. The van der Waals surface area contributed by atoms with Crippen LogP contribution in [0.15, 0.2) is 40.9 Å². The molecule has 1 aromatic carbocycles. The van der Waals surface area contributed by atoms with Crippen LogP contribution in [0.25, 0.3) is 0 Å². The van der Waals surface area contributed by atoms with Crippen LogP contribution in [0.1, 0.15) is 10.5 Å². The minimum atomic E-state index is -1.07. The predicted molar refractivity (Wildman–Crippen MR) is 73.6 cm³/mol. The molecule has 0 amide bonds. The van der Waals surface area contributed by atoms with Gasteiger partial charge in [-0.1, -0.05) is 17.7 Å². The molecular weight excluding hydrogens is 320 g/mol. The zero-order chi connectivity index (χ0) is 13.1. The van der Waals surface area contributed by atoms with E-state index in [0.29, 0.717) is 10.8 Å². The topological polar surface area (TPSA) is 62.2 Å². The molecule has 18 heavy (non-hydrogen) atoms. The van der Waals surface area contributed by atoms with Crippen LogP contribution in [0, 0.1) is 0 Å². The van der Waals surface area contributed by atoms with Crippen molar-refractivity contribution in [2.75, 3.05) is 5.32 Å². The Kier molecular flexibility index (Phi) is 3.84. The summed E-state index contributed by atoms with van der Waals surface area (Å²) >= 11 is 9.26. The van der Waals surface area contributed by atoms with E-state index in [9.17, 15) is 4.79 Å². The quantitative estimate of drug-likeness (QED) is 0.896. The smallest absolute Gasteiger partial charge is 0.354 e. The summed E-state index contributed by atoms with van der Waals surface area (Å²) in [7, 11) is 0. The van der Waals surface area contributed by atoms with E-state index in [4.69, 9.17) is 16.7 Å². The molecule has 1 heterocycles. The number of hydrogen-bond acceptors (Lipinski definition) is 3. The summed E-state index contributed by atoms with van der Waals surface area (Å²) in [6.07, 6.45) is 0. The summed E-state index contributed by atoms with van der Waals surface area (Å²) < 4.78 is 0.814. The van der Waals surface area contributed by atoms with Gasteiger partial charge in [-0.05, 0) is 46.3 Å². The van der Waals surface area contributed by atoms with E-state index in [-0.39, 0.29) is 5.69 Å². The number of carboxylic acid groups (broad SMARTS) is 1. The number of benzene rings is 1. The summed E-state index contributed by atoms with van der Waals surface area (Å²) in [4.78, 5) is 14.8. The molecule has 0 saturated carbocycles. The number of rotatable bonds is 3. The third kappa shape index (κ3) is 3.00. The first kappa shape index (κ1) is 12.9. The predicted octanol–water partition coefficient (Wildman–Crippen LogP) is 3.94. The van der Waals surface area contributed by atoms with Crippen molar-refractivity contribution < 1.29 is 9.90 Å². The zero-order valence-electron chi connectivity index (χ0n) is 9.02. The van der Waals surface area contributed by atoms with Crippen molar-refractivity contribution in [3.05, 3.63) is 51.6 Å². The number of nitrogens with zero attached hydrogens (tertiary/aromatic N) is 1.